The molecule has 4 heteroatoms. The number of nitrogens with two attached hydrogens (primary N) is 1. The molecular formula is C15H31N3O. The van der Waals surface area contributed by atoms with E-state index in [1.807, 2.05) is 11.9 Å². The van der Waals surface area contributed by atoms with Crippen LogP contribution in [0.15, 0.2) is 0 Å². The third-order valence-electron chi connectivity index (χ3n) is 4.40. The van der Waals surface area contributed by atoms with Crippen LogP contribution in [-0.2, 0) is 4.79 Å². The minimum Gasteiger partial charge on any atom is -0.346 e. The molecule has 0 saturated heterocycles. The van der Waals surface area contributed by atoms with Gasteiger partial charge in [-0.25, -0.2) is 0 Å². The van der Waals surface area contributed by atoms with E-state index >= 15 is 0 Å². The van der Waals surface area contributed by atoms with Gasteiger partial charge < -0.3 is 15.5 Å². The summed E-state index contributed by atoms with van der Waals surface area (Å²) in [6, 6.07) is 0. The molecule has 0 atom stereocenters. The molecule has 1 fully saturated rings. The Bertz CT molecular complexity index is 273. The second-order valence-corrected chi connectivity index (χ2v) is 6.41. The molecule has 0 aromatic rings. The van der Waals surface area contributed by atoms with Gasteiger partial charge in [0.05, 0.1) is 0 Å². The molecule has 4 nitrogen and oxygen atoms in total. The minimum absolute atomic E-state index is 0.0884. The van der Waals surface area contributed by atoms with Crippen molar-refractivity contribution in [2.75, 3.05) is 40.8 Å². The van der Waals surface area contributed by atoms with Gasteiger partial charge in [0, 0.05) is 20.0 Å². The van der Waals surface area contributed by atoms with Gasteiger partial charge >= 0.3 is 0 Å². The molecule has 0 radical (unpaired) electrons. The van der Waals surface area contributed by atoms with Crippen LogP contribution in [0.4, 0.5) is 0 Å². The van der Waals surface area contributed by atoms with Crippen molar-refractivity contribution in [3.8, 4) is 0 Å². The van der Waals surface area contributed by atoms with E-state index in [0.29, 0.717) is 13.0 Å². The van der Waals surface area contributed by atoms with Crippen molar-refractivity contribution in [1.29, 1.82) is 0 Å². The Morgan fingerprint density at radius 2 is 1.74 bits per heavy atom. The van der Waals surface area contributed by atoms with E-state index in [4.69, 9.17) is 5.73 Å². The normalized spacial score (nSPS) is 18.6. The van der Waals surface area contributed by atoms with Gasteiger partial charge in [0.1, 0.15) is 0 Å². The molecule has 1 aliphatic carbocycles. The molecule has 1 aliphatic rings. The first-order valence-corrected chi connectivity index (χ1v) is 7.58. The monoisotopic (exact) mass is 269 g/mol. The van der Waals surface area contributed by atoms with E-state index in [2.05, 4.69) is 19.0 Å². The highest BCUT2D eigenvalue weighted by Crippen LogP contribution is 2.38. The van der Waals surface area contributed by atoms with Crippen LogP contribution in [0.25, 0.3) is 0 Å². The zero-order chi connectivity index (χ0) is 14.3. The van der Waals surface area contributed by atoms with Gasteiger partial charge in [-0.3, -0.25) is 4.79 Å². The molecule has 112 valence electrons. The Morgan fingerprint density at radius 1 is 1.11 bits per heavy atom. The Labute approximate surface area is 118 Å². The lowest BCUT2D eigenvalue weighted by Gasteiger charge is -2.36. The summed E-state index contributed by atoms with van der Waals surface area (Å²) in [6.07, 6.45) is 7.69. The summed E-state index contributed by atoms with van der Waals surface area (Å²) in [4.78, 5) is 16.3. The molecule has 1 saturated carbocycles. The average molecular weight is 269 g/mol. The molecule has 1 rings (SSSR count). The summed E-state index contributed by atoms with van der Waals surface area (Å²) < 4.78 is 0. The summed E-state index contributed by atoms with van der Waals surface area (Å²) in [6.45, 7) is 2.53. The van der Waals surface area contributed by atoms with E-state index in [0.717, 1.165) is 32.4 Å². The lowest BCUT2D eigenvalue weighted by atomic mass is 9.71. The largest absolute Gasteiger partial charge is 0.346 e. The predicted molar refractivity (Wildman–Crippen MR) is 80.0 cm³/mol. The molecule has 0 aromatic carbocycles. The van der Waals surface area contributed by atoms with Gasteiger partial charge in [0.25, 0.3) is 0 Å². The molecule has 0 aliphatic heterocycles. The van der Waals surface area contributed by atoms with Gasteiger partial charge in [-0.15, -0.1) is 0 Å². The van der Waals surface area contributed by atoms with Crippen LogP contribution in [0.5, 0.6) is 0 Å². The van der Waals surface area contributed by atoms with Crippen molar-refractivity contribution in [2.24, 2.45) is 11.1 Å². The third-order valence-corrected chi connectivity index (χ3v) is 4.40. The second-order valence-electron chi connectivity index (χ2n) is 6.41. The number of hydrogen-bond acceptors (Lipinski definition) is 3. The first kappa shape index (κ1) is 16.4. The topological polar surface area (TPSA) is 49.6 Å². The van der Waals surface area contributed by atoms with Crippen molar-refractivity contribution in [3.05, 3.63) is 0 Å². The van der Waals surface area contributed by atoms with Gasteiger partial charge in [0.2, 0.25) is 5.91 Å². The quantitative estimate of drug-likeness (QED) is 0.765. The minimum atomic E-state index is 0.0884. The summed E-state index contributed by atoms with van der Waals surface area (Å²) in [7, 11) is 6.05. The van der Waals surface area contributed by atoms with Crippen LogP contribution in [0.1, 0.15) is 44.9 Å². The van der Waals surface area contributed by atoms with Crippen LogP contribution in [0, 0.1) is 5.41 Å². The Morgan fingerprint density at radius 3 is 2.26 bits per heavy atom. The zero-order valence-electron chi connectivity index (χ0n) is 13.0. The molecule has 19 heavy (non-hydrogen) atoms. The van der Waals surface area contributed by atoms with Gasteiger partial charge in [-0.05, 0) is 51.9 Å². The second kappa shape index (κ2) is 7.85. The fourth-order valence-electron chi connectivity index (χ4n) is 2.96. The Hall–Kier alpha value is -0.610. The van der Waals surface area contributed by atoms with E-state index in [1.54, 1.807) is 0 Å². The summed E-state index contributed by atoms with van der Waals surface area (Å²) in [5.41, 5.74) is 6.04. The fourth-order valence-corrected chi connectivity index (χ4v) is 2.96. The average Bonchev–Trinajstić information content (AvgIpc) is 2.39. The van der Waals surface area contributed by atoms with Crippen LogP contribution in [-0.4, -0.2) is 56.5 Å². The van der Waals surface area contributed by atoms with Crippen LogP contribution in [0.2, 0.25) is 0 Å². The lowest BCUT2D eigenvalue weighted by Crippen LogP contribution is -2.39. The summed E-state index contributed by atoms with van der Waals surface area (Å²) in [5.74, 6) is 0.270. The Balaban J connectivity index is 2.39. The standard InChI is InChI=1S/C15H31N3O/c1-17(2)10-7-11-18(3)14(19)12-15(13-16)8-5-4-6-9-15/h4-13,16H2,1-3H3. The van der Waals surface area contributed by atoms with Crippen molar-refractivity contribution >= 4 is 5.91 Å². The number of rotatable bonds is 7. The third kappa shape index (κ3) is 5.49. The first-order chi connectivity index (χ1) is 8.99. The van der Waals surface area contributed by atoms with Crippen molar-refractivity contribution in [2.45, 2.75) is 44.9 Å². The first-order valence-electron chi connectivity index (χ1n) is 7.58. The van der Waals surface area contributed by atoms with E-state index in [9.17, 15) is 4.79 Å². The highest BCUT2D eigenvalue weighted by Gasteiger charge is 2.33. The molecule has 2 N–H and O–H groups in total. The maximum absolute atomic E-state index is 12.3. The highest BCUT2D eigenvalue weighted by molar-refractivity contribution is 5.76. The van der Waals surface area contributed by atoms with Gasteiger partial charge in [0.15, 0.2) is 0 Å². The molecule has 0 heterocycles. The van der Waals surface area contributed by atoms with Gasteiger partial charge in [-0.1, -0.05) is 19.3 Å². The van der Waals surface area contributed by atoms with Crippen molar-refractivity contribution in [1.82, 2.24) is 9.80 Å². The number of amides is 1. The highest BCUT2D eigenvalue weighted by atomic mass is 16.2. The summed E-state index contributed by atoms with van der Waals surface area (Å²) >= 11 is 0. The van der Waals surface area contributed by atoms with Crippen LogP contribution >= 0.6 is 0 Å². The molecule has 0 unspecified atom stereocenters. The maximum atomic E-state index is 12.3. The number of hydrogen-bond donors (Lipinski definition) is 1. The molecule has 0 aromatic heterocycles. The fraction of sp³-hybridized carbons (Fsp3) is 0.933. The van der Waals surface area contributed by atoms with Crippen LogP contribution in [0.3, 0.4) is 0 Å². The van der Waals surface area contributed by atoms with E-state index in [-0.39, 0.29) is 11.3 Å². The molecule has 1 amide bonds. The SMILES string of the molecule is CN(C)CCCN(C)C(=O)CC1(CN)CCCCC1. The van der Waals surface area contributed by atoms with E-state index in [1.165, 1.54) is 19.3 Å². The molecule has 0 bridgehead atoms. The van der Waals surface area contributed by atoms with Crippen molar-refractivity contribution in [3.63, 3.8) is 0 Å². The molecule has 0 spiro atoms. The van der Waals surface area contributed by atoms with E-state index < -0.39 is 0 Å². The number of carbonyl (C=O) groups is 1. The summed E-state index contributed by atoms with van der Waals surface area (Å²) in [5, 5.41) is 0. The molecular weight excluding hydrogens is 238 g/mol. The number of nitrogens with zero attached hydrogens (tertiary/aromatic N) is 2. The maximum Gasteiger partial charge on any atom is 0.222 e. The number of carbonyl (C=O) groups excluding carboxylic acids is 1. The van der Waals surface area contributed by atoms with Crippen molar-refractivity contribution < 1.29 is 4.79 Å². The van der Waals surface area contributed by atoms with Gasteiger partial charge in [-0.2, -0.15) is 0 Å². The zero-order valence-corrected chi connectivity index (χ0v) is 13.0. The lowest BCUT2D eigenvalue weighted by molar-refractivity contribution is -0.133. The Kier molecular flexibility index (Phi) is 6.80. The van der Waals surface area contributed by atoms with Crippen LogP contribution < -0.4 is 5.73 Å². The smallest absolute Gasteiger partial charge is 0.222 e. The predicted octanol–water partition coefficient (Wildman–Crippen LogP) is 1.70.